The number of nitrogens with one attached hydrogen (secondary N) is 1. The number of benzene rings is 1. The van der Waals surface area contributed by atoms with Crippen molar-refractivity contribution in [2.24, 2.45) is 0 Å². The highest BCUT2D eigenvalue weighted by Crippen LogP contribution is 2.42. The minimum atomic E-state index is -2.60. The van der Waals surface area contributed by atoms with Crippen LogP contribution < -0.4 is 5.32 Å². The van der Waals surface area contributed by atoms with E-state index in [4.69, 9.17) is 11.6 Å². The van der Waals surface area contributed by atoms with Crippen molar-refractivity contribution < 1.29 is 13.9 Å². The summed E-state index contributed by atoms with van der Waals surface area (Å²) in [5.41, 5.74) is 0.157. The first-order valence-electron chi connectivity index (χ1n) is 5.92. The SMILES string of the molecule is Oc1c(Cl)ccc(Br)c1[C@H](C(F)F)N1CCNCC1. The van der Waals surface area contributed by atoms with Gasteiger partial charge in [0.05, 0.1) is 5.02 Å². The quantitative estimate of drug-likeness (QED) is 0.875. The molecule has 1 fully saturated rings. The monoisotopic (exact) mass is 354 g/mol. The number of hydrogen-bond donors (Lipinski definition) is 2. The van der Waals surface area contributed by atoms with Gasteiger partial charge in [0.1, 0.15) is 11.8 Å². The number of piperazine rings is 1. The van der Waals surface area contributed by atoms with Crippen molar-refractivity contribution >= 4 is 27.5 Å². The molecule has 1 heterocycles. The third kappa shape index (κ3) is 3.18. The maximum Gasteiger partial charge on any atom is 0.258 e. The van der Waals surface area contributed by atoms with Gasteiger partial charge in [-0.1, -0.05) is 27.5 Å². The molecule has 0 spiro atoms. The smallest absolute Gasteiger partial charge is 0.258 e. The molecule has 1 saturated heterocycles. The number of nitrogens with zero attached hydrogens (tertiary/aromatic N) is 1. The second-order valence-electron chi connectivity index (χ2n) is 4.36. The maximum absolute atomic E-state index is 13.4. The molecule has 1 atom stereocenters. The van der Waals surface area contributed by atoms with Crippen LogP contribution >= 0.6 is 27.5 Å². The predicted molar refractivity (Wildman–Crippen MR) is 74.0 cm³/mol. The van der Waals surface area contributed by atoms with E-state index in [-0.39, 0.29) is 16.3 Å². The molecule has 0 amide bonds. The van der Waals surface area contributed by atoms with Gasteiger partial charge in [-0.05, 0) is 12.1 Å². The van der Waals surface area contributed by atoms with E-state index in [1.165, 1.54) is 6.07 Å². The van der Waals surface area contributed by atoms with Gasteiger partial charge in [-0.2, -0.15) is 0 Å². The van der Waals surface area contributed by atoms with Crippen LogP contribution in [-0.2, 0) is 0 Å². The zero-order valence-electron chi connectivity index (χ0n) is 10.0. The number of alkyl halides is 2. The molecule has 0 bridgehead atoms. The number of rotatable bonds is 3. The topological polar surface area (TPSA) is 35.5 Å². The van der Waals surface area contributed by atoms with Crippen LogP contribution in [0.2, 0.25) is 5.02 Å². The molecule has 2 rings (SSSR count). The minimum Gasteiger partial charge on any atom is -0.506 e. The Bertz CT molecular complexity index is 456. The Morgan fingerprint density at radius 3 is 2.53 bits per heavy atom. The fourth-order valence-electron chi connectivity index (χ4n) is 2.27. The van der Waals surface area contributed by atoms with Gasteiger partial charge in [0.15, 0.2) is 0 Å². The van der Waals surface area contributed by atoms with Crippen LogP contribution in [0.25, 0.3) is 0 Å². The number of phenols is 1. The summed E-state index contributed by atoms with van der Waals surface area (Å²) in [4.78, 5) is 1.66. The molecule has 0 aromatic heterocycles. The molecule has 0 saturated carbocycles. The Balaban J connectivity index is 2.41. The minimum absolute atomic E-state index is 0.0824. The number of phenolic OH excluding ortho intramolecular Hbond substituents is 1. The summed E-state index contributed by atoms with van der Waals surface area (Å²) >= 11 is 9.05. The van der Waals surface area contributed by atoms with E-state index in [0.717, 1.165) is 0 Å². The maximum atomic E-state index is 13.4. The molecule has 1 aliphatic rings. The van der Waals surface area contributed by atoms with E-state index in [1.807, 2.05) is 0 Å². The summed E-state index contributed by atoms with van der Waals surface area (Å²) in [6, 6.07) is 1.90. The number of aromatic hydroxyl groups is 1. The molecular formula is C12H14BrClF2N2O. The second-order valence-corrected chi connectivity index (χ2v) is 5.62. The highest BCUT2D eigenvalue weighted by molar-refractivity contribution is 9.10. The first kappa shape index (κ1) is 15.0. The molecule has 1 aliphatic heterocycles. The van der Waals surface area contributed by atoms with Crippen LogP contribution in [0.4, 0.5) is 8.78 Å². The van der Waals surface area contributed by atoms with Crippen LogP contribution in [-0.4, -0.2) is 42.6 Å². The zero-order valence-corrected chi connectivity index (χ0v) is 12.4. The lowest BCUT2D eigenvalue weighted by Crippen LogP contribution is -2.47. The van der Waals surface area contributed by atoms with Gasteiger partial charge in [0, 0.05) is 36.2 Å². The van der Waals surface area contributed by atoms with Crippen molar-refractivity contribution in [1.29, 1.82) is 0 Å². The molecule has 106 valence electrons. The lowest BCUT2D eigenvalue weighted by atomic mass is 10.0. The molecule has 7 heteroatoms. The number of halogens is 4. The largest absolute Gasteiger partial charge is 0.506 e. The van der Waals surface area contributed by atoms with Gasteiger partial charge in [-0.25, -0.2) is 8.78 Å². The van der Waals surface area contributed by atoms with Crippen LogP contribution in [0, 0.1) is 0 Å². The summed E-state index contributed by atoms with van der Waals surface area (Å²) in [5, 5.41) is 13.2. The van der Waals surface area contributed by atoms with Crippen molar-refractivity contribution in [3.63, 3.8) is 0 Å². The standard InChI is InChI=1S/C12H14BrClF2N2O/c13-7-1-2-8(14)11(19)9(7)10(12(15)16)18-5-3-17-4-6-18/h1-2,10,12,17,19H,3-6H2/t10-/m1/s1. The van der Waals surface area contributed by atoms with Gasteiger partial charge in [0.2, 0.25) is 0 Å². The van der Waals surface area contributed by atoms with Gasteiger partial charge in [0.25, 0.3) is 6.43 Å². The molecule has 3 nitrogen and oxygen atoms in total. The van der Waals surface area contributed by atoms with E-state index in [1.54, 1.807) is 11.0 Å². The normalized spacial score (nSPS) is 18.8. The molecule has 19 heavy (non-hydrogen) atoms. The zero-order chi connectivity index (χ0) is 14.0. The van der Waals surface area contributed by atoms with E-state index in [2.05, 4.69) is 21.2 Å². The van der Waals surface area contributed by atoms with E-state index in [0.29, 0.717) is 30.7 Å². The highest BCUT2D eigenvalue weighted by Gasteiger charge is 2.34. The summed E-state index contributed by atoms with van der Waals surface area (Å²) in [7, 11) is 0. The van der Waals surface area contributed by atoms with Gasteiger partial charge in [-0.3, -0.25) is 4.90 Å². The van der Waals surface area contributed by atoms with Crippen molar-refractivity contribution in [2.45, 2.75) is 12.5 Å². The summed E-state index contributed by atoms with van der Waals surface area (Å²) in [5.74, 6) is -0.278. The molecule has 0 aliphatic carbocycles. The van der Waals surface area contributed by atoms with Crippen LogP contribution in [0.15, 0.2) is 16.6 Å². The molecule has 1 aromatic rings. The fourth-order valence-corrected chi connectivity index (χ4v) is 2.99. The Labute approximate surface area is 123 Å². The molecule has 0 unspecified atom stereocenters. The lowest BCUT2D eigenvalue weighted by Gasteiger charge is -2.35. The Morgan fingerprint density at radius 1 is 1.32 bits per heavy atom. The van der Waals surface area contributed by atoms with Crippen LogP contribution in [0.1, 0.15) is 11.6 Å². The Kier molecular flexibility index (Phi) is 5.00. The fraction of sp³-hybridized carbons (Fsp3) is 0.500. The summed E-state index contributed by atoms with van der Waals surface area (Å²) in [6.07, 6.45) is -2.60. The Hall–Kier alpha value is -0.430. The lowest BCUT2D eigenvalue weighted by molar-refractivity contribution is 0.0166. The molecule has 1 aromatic carbocycles. The molecule has 2 N–H and O–H groups in total. The van der Waals surface area contributed by atoms with E-state index >= 15 is 0 Å². The van der Waals surface area contributed by atoms with Gasteiger partial charge >= 0.3 is 0 Å². The predicted octanol–water partition coefficient (Wildman–Crippen LogP) is 3.02. The first-order chi connectivity index (χ1) is 9.02. The first-order valence-corrected chi connectivity index (χ1v) is 7.09. The highest BCUT2D eigenvalue weighted by atomic mass is 79.9. The van der Waals surface area contributed by atoms with Crippen molar-refractivity contribution in [3.05, 3.63) is 27.2 Å². The van der Waals surface area contributed by atoms with E-state index in [9.17, 15) is 13.9 Å². The van der Waals surface area contributed by atoms with Crippen molar-refractivity contribution in [3.8, 4) is 5.75 Å². The number of hydrogen-bond acceptors (Lipinski definition) is 3. The Morgan fingerprint density at radius 2 is 1.95 bits per heavy atom. The van der Waals surface area contributed by atoms with Crippen LogP contribution in [0.3, 0.4) is 0 Å². The third-order valence-corrected chi connectivity index (χ3v) is 4.19. The summed E-state index contributed by atoms with van der Waals surface area (Å²) in [6.45, 7) is 2.32. The molecule has 0 radical (unpaired) electrons. The van der Waals surface area contributed by atoms with Gasteiger partial charge in [-0.15, -0.1) is 0 Å². The van der Waals surface area contributed by atoms with E-state index < -0.39 is 12.5 Å². The van der Waals surface area contributed by atoms with Crippen LogP contribution in [0.5, 0.6) is 5.75 Å². The third-order valence-electron chi connectivity index (χ3n) is 3.19. The van der Waals surface area contributed by atoms with Crippen molar-refractivity contribution in [2.75, 3.05) is 26.2 Å². The second kappa shape index (κ2) is 6.35. The average Bonchev–Trinajstić information content (AvgIpc) is 2.39. The molecular weight excluding hydrogens is 341 g/mol. The summed E-state index contributed by atoms with van der Waals surface area (Å²) < 4.78 is 27.3. The van der Waals surface area contributed by atoms with Gasteiger partial charge < -0.3 is 10.4 Å². The average molecular weight is 356 g/mol. The van der Waals surface area contributed by atoms with Crippen molar-refractivity contribution in [1.82, 2.24) is 10.2 Å².